The first-order chi connectivity index (χ1) is 15.6. The predicted octanol–water partition coefficient (Wildman–Crippen LogP) is 3.32. The standard InChI is InChI=1S/C24H23N7O/c1-17-26-27-28-31(17)19-10-8-18(9-11-19)23(32)29-15-12-24(13-16-29)22-7-4-14-30(22)21-6-3-2-5-20(21)25-24/h2-11,14,25H,12-13,15-16H2,1H3. The van der Waals surface area contributed by atoms with Crippen LogP contribution in [0.3, 0.4) is 0 Å². The van der Waals surface area contributed by atoms with Crippen molar-refractivity contribution in [3.05, 3.63) is 83.9 Å². The lowest BCUT2D eigenvalue weighted by Crippen LogP contribution is -2.51. The molecule has 0 atom stereocenters. The molecule has 2 aromatic carbocycles. The van der Waals surface area contributed by atoms with Gasteiger partial charge in [0, 0.05) is 30.5 Å². The number of hydrogen-bond donors (Lipinski definition) is 1. The molecule has 1 spiro atoms. The number of fused-ring (bicyclic) bond motifs is 4. The van der Waals surface area contributed by atoms with E-state index in [4.69, 9.17) is 0 Å². The largest absolute Gasteiger partial charge is 0.372 e. The molecule has 2 aromatic heterocycles. The second-order valence-electron chi connectivity index (χ2n) is 8.46. The van der Waals surface area contributed by atoms with Gasteiger partial charge >= 0.3 is 0 Å². The number of tetrazole rings is 1. The first-order valence-electron chi connectivity index (χ1n) is 10.8. The Hall–Kier alpha value is -3.94. The number of para-hydroxylation sites is 2. The Balaban J connectivity index is 1.21. The zero-order chi connectivity index (χ0) is 21.7. The lowest BCUT2D eigenvalue weighted by atomic mass is 9.82. The summed E-state index contributed by atoms with van der Waals surface area (Å²) >= 11 is 0. The number of nitrogens with one attached hydrogen (secondary N) is 1. The van der Waals surface area contributed by atoms with Crippen molar-refractivity contribution >= 4 is 11.6 Å². The molecular formula is C24H23N7O. The van der Waals surface area contributed by atoms with Crippen LogP contribution in [0.4, 0.5) is 5.69 Å². The number of benzene rings is 2. The van der Waals surface area contributed by atoms with Gasteiger partial charge in [-0.3, -0.25) is 4.79 Å². The smallest absolute Gasteiger partial charge is 0.253 e. The highest BCUT2D eigenvalue weighted by molar-refractivity contribution is 5.94. The fraction of sp³-hybridized carbons (Fsp3) is 0.250. The van der Waals surface area contributed by atoms with Crippen LogP contribution in [0.25, 0.3) is 11.4 Å². The Morgan fingerprint density at radius 3 is 2.53 bits per heavy atom. The van der Waals surface area contributed by atoms with E-state index in [1.165, 1.54) is 11.4 Å². The topological polar surface area (TPSA) is 80.9 Å². The molecule has 8 heteroatoms. The molecule has 1 fully saturated rings. The second-order valence-corrected chi connectivity index (χ2v) is 8.46. The van der Waals surface area contributed by atoms with Gasteiger partial charge in [0.2, 0.25) is 0 Å². The molecule has 160 valence electrons. The Morgan fingerprint density at radius 1 is 1.00 bits per heavy atom. The fourth-order valence-electron chi connectivity index (χ4n) is 4.96. The van der Waals surface area contributed by atoms with Gasteiger partial charge in [-0.1, -0.05) is 12.1 Å². The molecule has 0 aliphatic carbocycles. The Kier molecular flexibility index (Phi) is 4.14. The summed E-state index contributed by atoms with van der Waals surface area (Å²) in [7, 11) is 0. The molecule has 1 saturated heterocycles. The number of aromatic nitrogens is 5. The highest BCUT2D eigenvalue weighted by Gasteiger charge is 2.42. The molecule has 2 aliphatic rings. The van der Waals surface area contributed by atoms with E-state index in [1.54, 1.807) is 4.68 Å². The number of carbonyl (C=O) groups excluding carboxylic acids is 1. The van der Waals surface area contributed by atoms with Crippen molar-refractivity contribution in [2.75, 3.05) is 18.4 Å². The maximum Gasteiger partial charge on any atom is 0.253 e. The maximum atomic E-state index is 13.2. The van der Waals surface area contributed by atoms with Crippen molar-refractivity contribution in [3.8, 4) is 11.4 Å². The van der Waals surface area contributed by atoms with Crippen LogP contribution in [-0.2, 0) is 5.54 Å². The van der Waals surface area contributed by atoms with Crippen LogP contribution in [0.5, 0.6) is 0 Å². The third-order valence-corrected chi connectivity index (χ3v) is 6.67. The van der Waals surface area contributed by atoms with Crippen molar-refractivity contribution in [2.24, 2.45) is 0 Å². The summed E-state index contributed by atoms with van der Waals surface area (Å²) in [5.74, 6) is 0.767. The first kappa shape index (κ1) is 18.8. The zero-order valence-electron chi connectivity index (χ0n) is 17.8. The number of piperidine rings is 1. The minimum absolute atomic E-state index is 0.0615. The van der Waals surface area contributed by atoms with Crippen LogP contribution in [-0.4, -0.2) is 48.7 Å². The molecule has 0 radical (unpaired) electrons. The summed E-state index contributed by atoms with van der Waals surface area (Å²) in [6, 6.07) is 20.2. The molecule has 1 amide bonds. The van der Waals surface area contributed by atoms with E-state index in [2.05, 4.69) is 68.0 Å². The number of aryl methyl sites for hydroxylation is 1. The summed E-state index contributed by atoms with van der Waals surface area (Å²) in [5.41, 5.74) is 4.95. The van der Waals surface area contributed by atoms with Crippen molar-refractivity contribution in [2.45, 2.75) is 25.3 Å². The molecule has 8 nitrogen and oxygen atoms in total. The van der Waals surface area contributed by atoms with Gasteiger partial charge in [-0.15, -0.1) is 5.10 Å². The van der Waals surface area contributed by atoms with Crippen LogP contribution in [0.2, 0.25) is 0 Å². The van der Waals surface area contributed by atoms with E-state index in [1.807, 2.05) is 36.1 Å². The molecule has 32 heavy (non-hydrogen) atoms. The van der Waals surface area contributed by atoms with Crippen LogP contribution < -0.4 is 5.32 Å². The molecule has 0 saturated carbocycles. The number of rotatable bonds is 2. The quantitative estimate of drug-likeness (QED) is 0.533. The summed E-state index contributed by atoms with van der Waals surface area (Å²) in [6.07, 6.45) is 3.85. The van der Waals surface area contributed by atoms with Gasteiger partial charge in [0.15, 0.2) is 5.82 Å². The van der Waals surface area contributed by atoms with Crippen molar-refractivity contribution < 1.29 is 4.79 Å². The lowest BCUT2D eigenvalue weighted by molar-refractivity contribution is 0.0676. The Bertz CT molecular complexity index is 1300. The summed E-state index contributed by atoms with van der Waals surface area (Å²) in [6.45, 7) is 3.25. The molecule has 0 unspecified atom stereocenters. The van der Waals surface area contributed by atoms with Crippen molar-refractivity contribution in [3.63, 3.8) is 0 Å². The molecule has 6 rings (SSSR count). The van der Waals surface area contributed by atoms with E-state index >= 15 is 0 Å². The van der Waals surface area contributed by atoms with Crippen molar-refractivity contribution in [1.82, 2.24) is 29.7 Å². The average Bonchev–Trinajstić information content (AvgIpc) is 3.50. The first-order valence-corrected chi connectivity index (χ1v) is 10.8. The van der Waals surface area contributed by atoms with Crippen LogP contribution in [0.15, 0.2) is 66.9 Å². The van der Waals surface area contributed by atoms with Crippen LogP contribution >= 0.6 is 0 Å². The minimum Gasteiger partial charge on any atom is -0.372 e. The Morgan fingerprint density at radius 2 is 1.78 bits per heavy atom. The minimum atomic E-state index is -0.157. The van der Waals surface area contributed by atoms with Gasteiger partial charge in [0.05, 0.1) is 22.6 Å². The molecule has 4 heterocycles. The summed E-state index contributed by atoms with van der Waals surface area (Å²) in [4.78, 5) is 15.1. The van der Waals surface area contributed by atoms with Gasteiger partial charge in [-0.2, -0.15) is 4.68 Å². The highest BCUT2D eigenvalue weighted by Crippen LogP contribution is 2.43. The van der Waals surface area contributed by atoms with Crippen molar-refractivity contribution in [1.29, 1.82) is 0 Å². The molecule has 1 N–H and O–H groups in total. The fourth-order valence-corrected chi connectivity index (χ4v) is 4.96. The molecular weight excluding hydrogens is 402 g/mol. The molecule has 2 aliphatic heterocycles. The van der Waals surface area contributed by atoms with Crippen LogP contribution in [0.1, 0.15) is 34.7 Å². The van der Waals surface area contributed by atoms with E-state index in [9.17, 15) is 4.79 Å². The SMILES string of the molecule is Cc1nnnn1-c1ccc(C(=O)N2CCC3(CC2)Nc2ccccc2-n2cccc23)cc1. The number of carbonyl (C=O) groups is 1. The van der Waals surface area contributed by atoms with Gasteiger partial charge < -0.3 is 14.8 Å². The highest BCUT2D eigenvalue weighted by atomic mass is 16.2. The van der Waals surface area contributed by atoms with E-state index < -0.39 is 0 Å². The summed E-state index contributed by atoms with van der Waals surface area (Å²) in [5, 5.41) is 15.4. The third-order valence-electron chi connectivity index (χ3n) is 6.67. The average molecular weight is 425 g/mol. The van der Waals surface area contributed by atoms with Crippen LogP contribution in [0, 0.1) is 6.92 Å². The number of amides is 1. The third kappa shape index (κ3) is 2.83. The Labute approximate surface area is 185 Å². The van der Waals surface area contributed by atoms with E-state index in [0.717, 1.165) is 24.2 Å². The number of nitrogens with zero attached hydrogens (tertiary/aromatic N) is 6. The zero-order valence-corrected chi connectivity index (χ0v) is 17.8. The monoisotopic (exact) mass is 425 g/mol. The van der Waals surface area contributed by atoms with Gasteiger partial charge in [-0.05, 0) is 78.7 Å². The molecule has 0 bridgehead atoms. The van der Waals surface area contributed by atoms with Gasteiger partial charge in [-0.25, -0.2) is 0 Å². The number of anilines is 1. The second kappa shape index (κ2) is 7.05. The van der Waals surface area contributed by atoms with Gasteiger partial charge in [0.25, 0.3) is 5.91 Å². The van der Waals surface area contributed by atoms with Gasteiger partial charge in [0.1, 0.15) is 0 Å². The van der Waals surface area contributed by atoms with E-state index in [-0.39, 0.29) is 11.4 Å². The number of hydrogen-bond acceptors (Lipinski definition) is 5. The summed E-state index contributed by atoms with van der Waals surface area (Å²) < 4.78 is 3.93. The number of likely N-dealkylation sites (tertiary alicyclic amines) is 1. The normalized spacial score (nSPS) is 16.3. The lowest BCUT2D eigenvalue weighted by Gasteiger charge is -2.46. The van der Waals surface area contributed by atoms with E-state index in [0.29, 0.717) is 24.5 Å². The molecule has 4 aromatic rings. The predicted molar refractivity (Wildman–Crippen MR) is 120 cm³/mol. The maximum absolute atomic E-state index is 13.2.